The highest BCUT2D eigenvalue weighted by Gasteiger charge is 2.22. The van der Waals surface area contributed by atoms with Gasteiger partial charge in [0, 0.05) is 37.9 Å². The van der Waals surface area contributed by atoms with Crippen LogP contribution < -0.4 is 5.32 Å². The molecule has 1 heterocycles. The fourth-order valence-electron chi connectivity index (χ4n) is 2.30. The highest BCUT2D eigenvalue weighted by atomic mass is 15.1. The third-order valence-electron chi connectivity index (χ3n) is 3.58. The Hall–Kier alpha value is -0.930. The summed E-state index contributed by atoms with van der Waals surface area (Å²) in [5.41, 5.74) is 1.53. The minimum atomic E-state index is 0.355. The molecule has 1 atom stereocenters. The van der Waals surface area contributed by atoms with Crippen LogP contribution in [0.15, 0.2) is 24.4 Å². The highest BCUT2D eigenvalue weighted by molar-refractivity contribution is 5.03. The molecule has 1 rings (SSSR count). The molecule has 0 saturated carbocycles. The van der Waals surface area contributed by atoms with E-state index >= 15 is 0 Å². The molecule has 0 aliphatic carbocycles. The van der Waals surface area contributed by atoms with Gasteiger partial charge in [-0.1, -0.05) is 19.9 Å². The van der Waals surface area contributed by atoms with E-state index in [-0.39, 0.29) is 0 Å². The molecule has 0 saturated heterocycles. The molecule has 0 aromatic carbocycles. The lowest BCUT2D eigenvalue weighted by atomic mass is 9.87. The van der Waals surface area contributed by atoms with Gasteiger partial charge in [0.15, 0.2) is 0 Å². The maximum absolute atomic E-state index is 4.36. The van der Waals surface area contributed by atoms with Crippen molar-refractivity contribution in [2.45, 2.75) is 26.7 Å². The van der Waals surface area contributed by atoms with E-state index in [1.165, 1.54) is 12.1 Å². The molecule has 1 N–H and O–H groups in total. The van der Waals surface area contributed by atoms with Crippen molar-refractivity contribution in [2.24, 2.45) is 5.41 Å². The Morgan fingerprint density at radius 3 is 2.72 bits per heavy atom. The molecule has 0 fully saturated rings. The monoisotopic (exact) mass is 249 g/mol. The number of nitrogens with one attached hydrogen (secondary N) is 1. The maximum Gasteiger partial charge on any atom is 0.0416 e. The van der Waals surface area contributed by atoms with Crippen molar-refractivity contribution in [3.8, 4) is 0 Å². The quantitative estimate of drug-likeness (QED) is 0.765. The Balaban J connectivity index is 2.39. The van der Waals surface area contributed by atoms with E-state index in [0.29, 0.717) is 5.41 Å². The first-order valence-electron chi connectivity index (χ1n) is 6.83. The predicted octanol–water partition coefficient (Wildman–Crippen LogP) is 2.19. The van der Waals surface area contributed by atoms with Gasteiger partial charge in [-0.2, -0.15) is 0 Å². The van der Waals surface area contributed by atoms with Gasteiger partial charge in [0.25, 0.3) is 0 Å². The summed E-state index contributed by atoms with van der Waals surface area (Å²) < 4.78 is 0. The fourth-order valence-corrected chi connectivity index (χ4v) is 2.30. The SMILES string of the molecule is CCC(C)(CNC)CN(C)CCc1ccccn1. The Kier molecular flexibility index (Phi) is 6.30. The predicted molar refractivity (Wildman–Crippen MR) is 77.8 cm³/mol. The molecular weight excluding hydrogens is 222 g/mol. The first-order chi connectivity index (χ1) is 8.59. The van der Waals surface area contributed by atoms with E-state index in [2.05, 4.69) is 48.2 Å². The topological polar surface area (TPSA) is 28.2 Å². The zero-order valence-electron chi connectivity index (χ0n) is 12.2. The Morgan fingerprint density at radius 2 is 2.17 bits per heavy atom. The van der Waals surface area contributed by atoms with Crippen LogP contribution in [0.1, 0.15) is 26.0 Å². The van der Waals surface area contributed by atoms with Gasteiger partial charge < -0.3 is 10.2 Å². The standard InChI is InChI=1S/C15H27N3/c1-5-15(2,12-16-3)13-18(4)11-9-14-8-6-7-10-17-14/h6-8,10,16H,5,9,11-13H2,1-4H3. The minimum absolute atomic E-state index is 0.355. The fraction of sp³-hybridized carbons (Fsp3) is 0.667. The van der Waals surface area contributed by atoms with Crippen molar-refractivity contribution in [3.05, 3.63) is 30.1 Å². The number of hydrogen-bond donors (Lipinski definition) is 1. The van der Waals surface area contributed by atoms with E-state index in [1.54, 1.807) is 0 Å². The van der Waals surface area contributed by atoms with Gasteiger partial charge in [-0.15, -0.1) is 0 Å². The molecule has 0 amide bonds. The molecule has 18 heavy (non-hydrogen) atoms. The summed E-state index contributed by atoms with van der Waals surface area (Å²) in [6.45, 7) is 7.87. The first kappa shape index (κ1) is 15.1. The molecule has 1 aromatic heterocycles. The second-order valence-electron chi connectivity index (χ2n) is 5.50. The van der Waals surface area contributed by atoms with Crippen LogP contribution in [0.5, 0.6) is 0 Å². The summed E-state index contributed by atoms with van der Waals surface area (Å²) in [7, 11) is 4.23. The lowest BCUT2D eigenvalue weighted by Crippen LogP contribution is -2.40. The molecule has 1 aromatic rings. The molecule has 3 nitrogen and oxygen atoms in total. The summed E-state index contributed by atoms with van der Waals surface area (Å²) in [5, 5.41) is 3.30. The molecule has 3 heteroatoms. The second kappa shape index (κ2) is 7.49. The number of nitrogens with zero attached hydrogens (tertiary/aromatic N) is 2. The van der Waals surface area contributed by atoms with Crippen molar-refractivity contribution in [2.75, 3.05) is 33.7 Å². The van der Waals surface area contributed by atoms with Crippen molar-refractivity contribution in [1.29, 1.82) is 0 Å². The van der Waals surface area contributed by atoms with Crippen molar-refractivity contribution in [1.82, 2.24) is 15.2 Å². The lowest BCUT2D eigenvalue weighted by molar-refractivity contribution is 0.184. The van der Waals surface area contributed by atoms with Gasteiger partial charge in [0.2, 0.25) is 0 Å². The maximum atomic E-state index is 4.36. The Labute approximate surface area is 112 Å². The third kappa shape index (κ3) is 5.15. The normalized spacial score (nSPS) is 14.7. The van der Waals surface area contributed by atoms with Crippen molar-refractivity contribution < 1.29 is 0 Å². The summed E-state index contributed by atoms with van der Waals surface area (Å²) in [6, 6.07) is 6.12. The van der Waals surface area contributed by atoms with Gasteiger partial charge in [-0.3, -0.25) is 4.98 Å². The summed E-state index contributed by atoms with van der Waals surface area (Å²) in [5.74, 6) is 0. The molecule has 102 valence electrons. The van der Waals surface area contributed by atoms with Crippen LogP contribution >= 0.6 is 0 Å². The number of hydrogen-bond acceptors (Lipinski definition) is 3. The van der Waals surface area contributed by atoms with Crippen molar-refractivity contribution in [3.63, 3.8) is 0 Å². The number of pyridine rings is 1. The lowest BCUT2D eigenvalue weighted by Gasteiger charge is -2.33. The smallest absolute Gasteiger partial charge is 0.0416 e. The summed E-state index contributed by atoms with van der Waals surface area (Å²) in [4.78, 5) is 6.78. The van der Waals surface area contributed by atoms with Crippen LogP contribution in [0.3, 0.4) is 0 Å². The van der Waals surface area contributed by atoms with E-state index in [1.807, 2.05) is 19.3 Å². The number of aromatic nitrogens is 1. The highest BCUT2D eigenvalue weighted by Crippen LogP contribution is 2.20. The third-order valence-corrected chi connectivity index (χ3v) is 3.58. The van der Waals surface area contributed by atoms with Gasteiger partial charge in [-0.25, -0.2) is 0 Å². The van der Waals surface area contributed by atoms with Crippen LogP contribution in [-0.2, 0) is 6.42 Å². The van der Waals surface area contributed by atoms with E-state index < -0.39 is 0 Å². The van der Waals surface area contributed by atoms with Crippen molar-refractivity contribution >= 4 is 0 Å². The van der Waals surface area contributed by atoms with E-state index in [9.17, 15) is 0 Å². The van der Waals surface area contributed by atoms with E-state index in [4.69, 9.17) is 0 Å². The zero-order valence-corrected chi connectivity index (χ0v) is 12.2. The minimum Gasteiger partial charge on any atom is -0.319 e. The zero-order chi connectivity index (χ0) is 13.4. The van der Waals surface area contributed by atoms with Gasteiger partial charge in [-0.05, 0) is 38.1 Å². The van der Waals surface area contributed by atoms with Gasteiger partial charge >= 0.3 is 0 Å². The molecule has 1 unspecified atom stereocenters. The average molecular weight is 249 g/mol. The van der Waals surface area contributed by atoms with Crippen LogP contribution in [-0.4, -0.2) is 43.6 Å². The van der Waals surface area contributed by atoms with Gasteiger partial charge in [0.05, 0.1) is 0 Å². The second-order valence-corrected chi connectivity index (χ2v) is 5.50. The van der Waals surface area contributed by atoms with E-state index in [0.717, 1.165) is 26.1 Å². The molecule has 0 spiro atoms. The molecule has 0 bridgehead atoms. The molecule has 0 aliphatic heterocycles. The van der Waals surface area contributed by atoms with Crippen LogP contribution in [0.2, 0.25) is 0 Å². The molecule has 0 aliphatic rings. The molecule has 0 radical (unpaired) electrons. The summed E-state index contributed by atoms with van der Waals surface area (Å²) >= 11 is 0. The Morgan fingerprint density at radius 1 is 1.39 bits per heavy atom. The van der Waals surface area contributed by atoms with Crippen LogP contribution in [0.25, 0.3) is 0 Å². The molecular formula is C15H27N3. The van der Waals surface area contributed by atoms with Crippen LogP contribution in [0.4, 0.5) is 0 Å². The largest absolute Gasteiger partial charge is 0.319 e. The summed E-state index contributed by atoms with van der Waals surface area (Å²) in [6.07, 6.45) is 4.09. The number of likely N-dealkylation sites (N-methyl/N-ethyl adjacent to an activating group) is 1. The Bertz CT molecular complexity index is 326. The number of rotatable bonds is 8. The first-order valence-corrected chi connectivity index (χ1v) is 6.83. The average Bonchev–Trinajstić information content (AvgIpc) is 2.38. The van der Waals surface area contributed by atoms with Gasteiger partial charge in [0.1, 0.15) is 0 Å². The van der Waals surface area contributed by atoms with Crippen LogP contribution in [0, 0.1) is 5.41 Å².